The normalized spacial score (nSPS) is 11.9. The first kappa shape index (κ1) is 17.7. The van der Waals surface area contributed by atoms with Crippen LogP contribution in [0.5, 0.6) is 0 Å². The molecule has 128 valence electrons. The third-order valence-corrected chi connectivity index (χ3v) is 3.82. The quantitative estimate of drug-likeness (QED) is 0.780. The Morgan fingerprint density at radius 3 is 2.62 bits per heavy atom. The topological polar surface area (TPSA) is 84.2 Å². The number of carbonyl (C=O) groups is 2. The van der Waals surface area contributed by atoms with Gasteiger partial charge >= 0.3 is 5.97 Å². The lowest BCUT2D eigenvalue weighted by Gasteiger charge is -2.14. The summed E-state index contributed by atoms with van der Waals surface area (Å²) in [5.41, 5.74) is 2.76. The fraction of sp³-hybridized carbons (Fsp3) is 0.389. The van der Waals surface area contributed by atoms with E-state index >= 15 is 0 Å². The lowest BCUT2D eigenvalue weighted by atomic mass is 10.0. The molecule has 0 saturated carbocycles. The number of nitrogens with one attached hydrogen (secondary N) is 1. The highest BCUT2D eigenvalue weighted by Crippen LogP contribution is 2.15. The zero-order valence-corrected chi connectivity index (χ0v) is 14.0. The van der Waals surface area contributed by atoms with Crippen LogP contribution in [0.25, 0.3) is 0 Å². The van der Waals surface area contributed by atoms with Gasteiger partial charge in [0, 0.05) is 6.20 Å². The average molecular weight is 329 g/mol. The molecule has 1 unspecified atom stereocenters. The van der Waals surface area contributed by atoms with Crippen molar-refractivity contribution in [1.29, 1.82) is 0 Å². The van der Waals surface area contributed by atoms with E-state index in [1.54, 1.807) is 6.20 Å². The first-order valence-electron chi connectivity index (χ1n) is 8.13. The zero-order chi connectivity index (χ0) is 17.5. The van der Waals surface area contributed by atoms with Gasteiger partial charge in [-0.2, -0.15) is 5.10 Å². The van der Waals surface area contributed by atoms with Crippen molar-refractivity contribution in [2.45, 2.75) is 45.7 Å². The van der Waals surface area contributed by atoms with Gasteiger partial charge in [0.25, 0.3) is 5.91 Å². The smallest absolute Gasteiger partial charge is 0.305 e. The van der Waals surface area contributed by atoms with Gasteiger partial charge in [0.05, 0.1) is 30.8 Å². The minimum atomic E-state index is -0.892. The molecule has 0 fully saturated rings. The Bertz CT molecular complexity index is 692. The second-order valence-corrected chi connectivity index (χ2v) is 5.82. The van der Waals surface area contributed by atoms with Crippen LogP contribution in [0.1, 0.15) is 54.2 Å². The van der Waals surface area contributed by atoms with Crippen LogP contribution in [0.4, 0.5) is 0 Å². The summed E-state index contributed by atoms with van der Waals surface area (Å²) in [6.07, 6.45) is 5.15. The number of amides is 1. The maximum Gasteiger partial charge on any atom is 0.305 e. The Morgan fingerprint density at radius 1 is 1.29 bits per heavy atom. The van der Waals surface area contributed by atoms with Crippen molar-refractivity contribution in [2.24, 2.45) is 0 Å². The molecule has 2 N–H and O–H groups in total. The second-order valence-electron chi connectivity index (χ2n) is 5.82. The minimum absolute atomic E-state index is 0.0246. The molecule has 2 rings (SSSR count). The van der Waals surface area contributed by atoms with Crippen LogP contribution >= 0.6 is 0 Å². The van der Waals surface area contributed by atoms with E-state index in [1.807, 2.05) is 19.1 Å². The highest BCUT2D eigenvalue weighted by Gasteiger charge is 2.13. The number of aromatic nitrogens is 2. The summed E-state index contributed by atoms with van der Waals surface area (Å²) in [5, 5.41) is 15.6. The van der Waals surface area contributed by atoms with Gasteiger partial charge in [-0.05, 0) is 24.5 Å². The number of benzene rings is 1. The Hall–Kier alpha value is -2.63. The molecule has 1 amide bonds. The first-order chi connectivity index (χ1) is 11.5. The van der Waals surface area contributed by atoms with Crippen molar-refractivity contribution in [3.8, 4) is 0 Å². The summed E-state index contributed by atoms with van der Waals surface area (Å²) in [6, 6.07) is 8.13. The van der Waals surface area contributed by atoms with Crippen LogP contribution in [0.2, 0.25) is 0 Å². The predicted molar refractivity (Wildman–Crippen MR) is 90.8 cm³/mol. The summed E-state index contributed by atoms with van der Waals surface area (Å²) in [6.45, 7) is 4.33. The van der Waals surface area contributed by atoms with Crippen LogP contribution in [-0.2, 0) is 17.8 Å². The van der Waals surface area contributed by atoms with E-state index in [1.165, 1.54) is 16.4 Å². The molecule has 24 heavy (non-hydrogen) atoms. The Labute approximate surface area is 141 Å². The molecule has 1 heterocycles. The first-order valence-corrected chi connectivity index (χ1v) is 8.13. The molecular formula is C18H23N3O3. The van der Waals surface area contributed by atoms with Crippen molar-refractivity contribution >= 4 is 11.9 Å². The van der Waals surface area contributed by atoms with E-state index < -0.39 is 5.97 Å². The molecule has 0 aliphatic carbocycles. The van der Waals surface area contributed by atoms with Crippen molar-refractivity contribution in [3.63, 3.8) is 0 Å². The van der Waals surface area contributed by atoms with Crippen molar-refractivity contribution in [2.75, 3.05) is 0 Å². The molecule has 1 aromatic carbocycles. The van der Waals surface area contributed by atoms with Crippen molar-refractivity contribution in [3.05, 3.63) is 53.3 Å². The largest absolute Gasteiger partial charge is 0.481 e. The maximum absolute atomic E-state index is 12.3. The molecule has 0 aliphatic heterocycles. The second kappa shape index (κ2) is 8.29. The van der Waals surface area contributed by atoms with Gasteiger partial charge in [0.15, 0.2) is 0 Å². The van der Waals surface area contributed by atoms with E-state index in [-0.39, 0.29) is 24.9 Å². The van der Waals surface area contributed by atoms with Crippen LogP contribution < -0.4 is 5.32 Å². The molecular weight excluding hydrogens is 306 g/mol. The highest BCUT2D eigenvalue weighted by molar-refractivity contribution is 5.93. The Balaban J connectivity index is 1.94. The number of nitrogens with zero attached hydrogens (tertiary/aromatic N) is 2. The van der Waals surface area contributed by atoms with Gasteiger partial charge in [-0.25, -0.2) is 0 Å². The third kappa shape index (κ3) is 4.94. The number of hydrogen-bond acceptors (Lipinski definition) is 3. The number of carboxylic acids is 1. The molecule has 0 aliphatic rings. The molecule has 0 radical (unpaired) electrons. The summed E-state index contributed by atoms with van der Waals surface area (Å²) in [7, 11) is 0. The van der Waals surface area contributed by atoms with Gasteiger partial charge < -0.3 is 10.4 Å². The number of aliphatic carboxylic acids is 1. The number of aryl methyl sites for hydroxylation is 2. The molecule has 0 spiro atoms. The van der Waals surface area contributed by atoms with E-state index in [4.69, 9.17) is 5.11 Å². The molecule has 0 bridgehead atoms. The molecule has 1 aromatic heterocycles. The van der Waals surface area contributed by atoms with Gasteiger partial charge in [0.1, 0.15) is 0 Å². The summed E-state index contributed by atoms with van der Waals surface area (Å²) >= 11 is 0. The van der Waals surface area contributed by atoms with Gasteiger partial charge in [-0.3, -0.25) is 14.3 Å². The number of carbonyl (C=O) groups excluding carboxylic acids is 1. The SMILES string of the molecule is CCCc1ccc(C(C)NC(=O)c2cnn(CCC(=O)O)c2)cc1. The summed E-state index contributed by atoms with van der Waals surface area (Å²) in [4.78, 5) is 22.8. The predicted octanol–water partition coefficient (Wildman–Crippen LogP) is 2.80. The number of rotatable bonds is 8. The number of hydrogen-bond donors (Lipinski definition) is 2. The third-order valence-electron chi connectivity index (χ3n) is 3.82. The van der Waals surface area contributed by atoms with Gasteiger partial charge in [0.2, 0.25) is 0 Å². The fourth-order valence-corrected chi connectivity index (χ4v) is 2.44. The standard InChI is InChI=1S/C18H23N3O3/c1-3-4-14-5-7-15(8-6-14)13(2)20-18(24)16-11-19-21(12-16)10-9-17(22)23/h5-8,11-13H,3-4,9-10H2,1-2H3,(H,20,24)(H,22,23). The van der Waals surface area contributed by atoms with Gasteiger partial charge in [-0.1, -0.05) is 37.6 Å². The van der Waals surface area contributed by atoms with Crippen molar-refractivity contribution < 1.29 is 14.7 Å². The monoisotopic (exact) mass is 329 g/mol. The van der Waals surface area contributed by atoms with E-state index in [0.717, 1.165) is 18.4 Å². The summed E-state index contributed by atoms with van der Waals surface area (Å²) in [5.74, 6) is -1.11. The maximum atomic E-state index is 12.3. The Kier molecular flexibility index (Phi) is 6.12. The fourth-order valence-electron chi connectivity index (χ4n) is 2.44. The van der Waals surface area contributed by atoms with E-state index in [2.05, 4.69) is 29.5 Å². The molecule has 2 aromatic rings. The van der Waals surface area contributed by atoms with Crippen LogP contribution in [0.3, 0.4) is 0 Å². The summed E-state index contributed by atoms with van der Waals surface area (Å²) < 4.78 is 1.47. The highest BCUT2D eigenvalue weighted by atomic mass is 16.4. The van der Waals surface area contributed by atoms with Crippen LogP contribution in [0, 0.1) is 0 Å². The minimum Gasteiger partial charge on any atom is -0.481 e. The molecule has 6 nitrogen and oxygen atoms in total. The zero-order valence-electron chi connectivity index (χ0n) is 14.0. The van der Waals surface area contributed by atoms with Gasteiger partial charge in [-0.15, -0.1) is 0 Å². The Morgan fingerprint density at radius 2 is 2.00 bits per heavy atom. The number of carboxylic acid groups (broad SMARTS) is 1. The van der Waals surface area contributed by atoms with E-state index in [0.29, 0.717) is 5.56 Å². The van der Waals surface area contributed by atoms with Crippen molar-refractivity contribution in [1.82, 2.24) is 15.1 Å². The van der Waals surface area contributed by atoms with E-state index in [9.17, 15) is 9.59 Å². The molecule has 0 saturated heterocycles. The average Bonchev–Trinajstić information content (AvgIpc) is 3.03. The lowest BCUT2D eigenvalue weighted by Crippen LogP contribution is -2.26. The lowest BCUT2D eigenvalue weighted by molar-refractivity contribution is -0.137. The van der Waals surface area contributed by atoms with Crippen LogP contribution in [-0.4, -0.2) is 26.8 Å². The molecule has 1 atom stereocenters. The molecule has 6 heteroatoms. The van der Waals surface area contributed by atoms with Crippen LogP contribution in [0.15, 0.2) is 36.7 Å².